The summed E-state index contributed by atoms with van der Waals surface area (Å²) in [5, 5.41) is 3.15. The molecule has 4 heteroatoms. The number of nitrogens with one attached hydrogen (secondary N) is 1. The Morgan fingerprint density at radius 3 is 2.76 bits per heavy atom. The van der Waals surface area contributed by atoms with Crippen LogP contribution < -0.4 is 10.1 Å². The lowest BCUT2D eigenvalue weighted by Gasteiger charge is -2.15. The molecule has 0 radical (unpaired) electrons. The van der Waals surface area contributed by atoms with Crippen molar-refractivity contribution in [2.24, 2.45) is 0 Å². The molecule has 0 saturated carbocycles. The van der Waals surface area contributed by atoms with Gasteiger partial charge in [0, 0.05) is 12.2 Å². The number of amides is 1. The van der Waals surface area contributed by atoms with Crippen LogP contribution >= 0.6 is 0 Å². The van der Waals surface area contributed by atoms with E-state index < -0.39 is 0 Å². The molecular weight excluding hydrogens is 314 g/mol. The van der Waals surface area contributed by atoms with Gasteiger partial charge in [0.2, 0.25) is 0 Å². The Labute approximate surface area is 148 Å². The number of rotatable bonds is 5. The van der Waals surface area contributed by atoms with Crippen LogP contribution in [0.2, 0.25) is 0 Å². The van der Waals surface area contributed by atoms with Gasteiger partial charge in [0.1, 0.15) is 12.4 Å². The Balaban J connectivity index is 1.34. The summed E-state index contributed by atoms with van der Waals surface area (Å²) >= 11 is 0. The predicted octanol–water partition coefficient (Wildman–Crippen LogP) is 3.66. The minimum absolute atomic E-state index is 0.0348. The fraction of sp³-hybridized carbons (Fsp3) is 0.381. The van der Waals surface area contributed by atoms with E-state index in [1.807, 2.05) is 30.3 Å². The Morgan fingerprint density at radius 1 is 1.12 bits per heavy atom. The average Bonchev–Trinajstić information content (AvgIpc) is 3.31. The molecule has 2 unspecified atom stereocenters. The minimum Gasteiger partial charge on any atom is -0.491 e. The molecule has 0 bridgehead atoms. The van der Waals surface area contributed by atoms with Crippen LogP contribution in [0.4, 0.5) is 0 Å². The van der Waals surface area contributed by atoms with Crippen molar-refractivity contribution in [1.29, 1.82) is 0 Å². The Kier molecular flexibility index (Phi) is 4.70. The first-order valence-corrected chi connectivity index (χ1v) is 9.03. The van der Waals surface area contributed by atoms with E-state index in [2.05, 4.69) is 23.5 Å². The van der Waals surface area contributed by atoms with Crippen LogP contribution in [0, 0.1) is 0 Å². The normalized spacial score (nSPS) is 21.8. The molecule has 4 nitrogen and oxygen atoms in total. The second-order valence-corrected chi connectivity index (χ2v) is 6.73. The molecule has 25 heavy (non-hydrogen) atoms. The zero-order chi connectivity index (χ0) is 17.1. The van der Waals surface area contributed by atoms with Gasteiger partial charge in [-0.25, -0.2) is 0 Å². The monoisotopic (exact) mass is 337 g/mol. The van der Waals surface area contributed by atoms with Gasteiger partial charge in [0.05, 0.1) is 12.1 Å². The number of hydrogen-bond donors (Lipinski definition) is 1. The van der Waals surface area contributed by atoms with Gasteiger partial charge in [-0.05, 0) is 61.1 Å². The fourth-order valence-corrected chi connectivity index (χ4v) is 3.62. The molecular formula is C21H23NO3. The van der Waals surface area contributed by atoms with E-state index in [1.165, 1.54) is 11.1 Å². The minimum atomic E-state index is -0.0348. The Morgan fingerprint density at radius 2 is 1.96 bits per heavy atom. The summed E-state index contributed by atoms with van der Waals surface area (Å²) in [5.74, 6) is 0.741. The molecule has 130 valence electrons. The standard InChI is InChI=1S/C21H23NO3/c23-21(22-20-12-9-15-4-1-2-6-19(15)20)16-7-10-17(11-8-16)25-14-18-5-3-13-24-18/h1-2,4,6-8,10-11,18,20H,3,5,9,12-14H2,(H,22,23). The lowest BCUT2D eigenvalue weighted by atomic mass is 10.1. The lowest BCUT2D eigenvalue weighted by Crippen LogP contribution is -2.27. The molecule has 1 aliphatic heterocycles. The number of fused-ring (bicyclic) bond motifs is 1. The molecule has 1 amide bonds. The molecule has 0 aromatic heterocycles. The molecule has 2 aromatic carbocycles. The molecule has 2 atom stereocenters. The zero-order valence-corrected chi connectivity index (χ0v) is 14.2. The first-order chi connectivity index (χ1) is 12.3. The highest BCUT2D eigenvalue weighted by atomic mass is 16.5. The molecule has 2 aliphatic rings. The van der Waals surface area contributed by atoms with Crippen molar-refractivity contribution in [1.82, 2.24) is 5.32 Å². The summed E-state index contributed by atoms with van der Waals surface area (Å²) in [6, 6.07) is 15.8. The highest BCUT2D eigenvalue weighted by molar-refractivity contribution is 5.94. The third kappa shape index (κ3) is 3.69. The summed E-state index contributed by atoms with van der Waals surface area (Å²) in [7, 11) is 0. The Bertz CT molecular complexity index is 735. The maximum Gasteiger partial charge on any atom is 0.251 e. The van der Waals surface area contributed by atoms with Crippen LogP contribution in [0.5, 0.6) is 5.75 Å². The van der Waals surface area contributed by atoms with Gasteiger partial charge in [-0.15, -0.1) is 0 Å². The first-order valence-electron chi connectivity index (χ1n) is 9.03. The van der Waals surface area contributed by atoms with Gasteiger partial charge in [-0.2, -0.15) is 0 Å². The van der Waals surface area contributed by atoms with Gasteiger partial charge in [0.15, 0.2) is 0 Å². The second-order valence-electron chi connectivity index (χ2n) is 6.73. The van der Waals surface area contributed by atoms with E-state index >= 15 is 0 Å². The second kappa shape index (κ2) is 7.28. The van der Waals surface area contributed by atoms with Crippen molar-refractivity contribution in [3.8, 4) is 5.75 Å². The highest BCUT2D eigenvalue weighted by Gasteiger charge is 2.23. The third-order valence-electron chi connectivity index (χ3n) is 5.01. The number of carbonyl (C=O) groups is 1. The summed E-state index contributed by atoms with van der Waals surface area (Å²) in [5.41, 5.74) is 3.24. The van der Waals surface area contributed by atoms with Crippen molar-refractivity contribution >= 4 is 5.91 Å². The molecule has 1 fully saturated rings. The average molecular weight is 337 g/mol. The molecule has 0 spiro atoms. The predicted molar refractivity (Wildman–Crippen MR) is 95.9 cm³/mol. The van der Waals surface area contributed by atoms with Gasteiger partial charge in [-0.1, -0.05) is 24.3 Å². The number of hydrogen-bond acceptors (Lipinski definition) is 3. The maximum atomic E-state index is 12.5. The van der Waals surface area contributed by atoms with Crippen LogP contribution in [0.15, 0.2) is 48.5 Å². The van der Waals surface area contributed by atoms with Gasteiger partial charge in [-0.3, -0.25) is 4.79 Å². The summed E-state index contributed by atoms with van der Waals surface area (Å²) in [4.78, 5) is 12.5. The van der Waals surface area contributed by atoms with Crippen LogP contribution in [0.25, 0.3) is 0 Å². The van der Waals surface area contributed by atoms with Crippen molar-refractivity contribution in [2.75, 3.05) is 13.2 Å². The van der Waals surface area contributed by atoms with Crippen LogP contribution in [-0.4, -0.2) is 25.2 Å². The van der Waals surface area contributed by atoms with E-state index in [0.717, 1.165) is 38.0 Å². The fourth-order valence-electron chi connectivity index (χ4n) is 3.62. The van der Waals surface area contributed by atoms with E-state index in [9.17, 15) is 4.79 Å². The van der Waals surface area contributed by atoms with Crippen molar-refractivity contribution in [2.45, 2.75) is 37.8 Å². The quantitative estimate of drug-likeness (QED) is 0.906. The SMILES string of the molecule is O=C(NC1CCc2ccccc21)c1ccc(OCC2CCCO2)cc1. The molecule has 1 N–H and O–H groups in total. The van der Waals surface area contributed by atoms with Crippen molar-refractivity contribution < 1.29 is 14.3 Å². The van der Waals surface area contributed by atoms with Gasteiger partial charge in [0.25, 0.3) is 5.91 Å². The summed E-state index contributed by atoms with van der Waals surface area (Å²) in [6.45, 7) is 1.40. The van der Waals surface area contributed by atoms with E-state index in [0.29, 0.717) is 12.2 Å². The number of carbonyl (C=O) groups excluding carboxylic acids is 1. The van der Waals surface area contributed by atoms with Crippen LogP contribution in [-0.2, 0) is 11.2 Å². The van der Waals surface area contributed by atoms with Crippen LogP contribution in [0.3, 0.4) is 0 Å². The first kappa shape index (κ1) is 16.2. The van der Waals surface area contributed by atoms with Crippen molar-refractivity contribution in [3.63, 3.8) is 0 Å². The molecule has 2 aromatic rings. The number of benzene rings is 2. The summed E-state index contributed by atoms with van der Waals surface area (Å²) < 4.78 is 11.3. The largest absolute Gasteiger partial charge is 0.491 e. The Hall–Kier alpha value is -2.33. The van der Waals surface area contributed by atoms with E-state index in [-0.39, 0.29) is 18.1 Å². The van der Waals surface area contributed by atoms with Crippen LogP contribution in [0.1, 0.15) is 46.8 Å². The molecule has 1 heterocycles. The number of ether oxygens (including phenoxy) is 2. The topological polar surface area (TPSA) is 47.6 Å². The molecule has 4 rings (SSSR count). The maximum absolute atomic E-state index is 12.5. The summed E-state index contributed by atoms with van der Waals surface area (Å²) in [6.07, 6.45) is 4.36. The van der Waals surface area contributed by atoms with E-state index in [1.54, 1.807) is 0 Å². The smallest absolute Gasteiger partial charge is 0.251 e. The lowest BCUT2D eigenvalue weighted by molar-refractivity contribution is 0.0679. The van der Waals surface area contributed by atoms with Crippen molar-refractivity contribution in [3.05, 3.63) is 65.2 Å². The molecule has 1 aliphatic carbocycles. The van der Waals surface area contributed by atoms with Gasteiger partial charge < -0.3 is 14.8 Å². The van der Waals surface area contributed by atoms with E-state index in [4.69, 9.17) is 9.47 Å². The third-order valence-corrected chi connectivity index (χ3v) is 5.01. The molecule has 1 saturated heterocycles. The number of aryl methyl sites for hydroxylation is 1. The highest BCUT2D eigenvalue weighted by Crippen LogP contribution is 2.31. The zero-order valence-electron chi connectivity index (χ0n) is 14.2. The van der Waals surface area contributed by atoms with Gasteiger partial charge >= 0.3 is 0 Å².